The van der Waals surface area contributed by atoms with Crippen LogP contribution in [0.15, 0.2) is 12.1 Å². The first-order valence-electron chi connectivity index (χ1n) is 6.03. The molecule has 0 aliphatic heterocycles. The van der Waals surface area contributed by atoms with Crippen molar-refractivity contribution in [3.63, 3.8) is 0 Å². The van der Waals surface area contributed by atoms with Crippen molar-refractivity contribution in [3.8, 4) is 6.07 Å². The van der Waals surface area contributed by atoms with Crippen molar-refractivity contribution < 1.29 is 0 Å². The highest BCUT2D eigenvalue weighted by atomic mass is 32.1. The van der Waals surface area contributed by atoms with Gasteiger partial charge in [-0.2, -0.15) is 5.26 Å². The van der Waals surface area contributed by atoms with E-state index in [4.69, 9.17) is 5.26 Å². The zero-order valence-electron chi connectivity index (χ0n) is 10.5. The number of likely N-dealkylation sites (N-methyl/N-ethyl adjacent to an activating group) is 1. The summed E-state index contributed by atoms with van der Waals surface area (Å²) in [7, 11) is 4.33. The van der Waals surface area contributed by atoms with E-state index in [1.54, 1.807) is 11.3 Å². The van der Waals surface area contributed by atoms with Crippen molar-refractivity contribution in [2.75, 3.05) is 20.6 Å². The Balaban J connectivity index is 1.81. The molecule has 0 bridgehead atoms. The number of nitrogens with zero attached hydrogens (tertiary/aromatic N) is 2. The molecule has 0 aromatic carbocycles. The minimum Gasteiger partial charge on any atom is -0.310 e. The van der Waals surface area contributed by atoms with Crippen LogP contribution in [0, 0.1) is 11.3 Å². The first-order chi connectivity index (χ1) is 8.16. The van der Waals surface area contributed by atoms with Crippen molar-refractivity contribution >= 4 is 11.3 Å². The molecular weight excluding hydrogens is 230 g/mol. The van der Waals surface area contributed by atoms with Crippen LogP contribution in [0.1, 0.15) is 29.0 Å². The molecule has 17 heavy (non-hydrogen) atoms. The molecule has 0 amide bonds. The van der Waals surface area contributed by atoms with Gasteiger partial charge in [0.1, 0.15) is 10.9 Å². The van der Waals surface area contributed by atoms with Gasteiger partial charge in [-0.25, -0.2) is 0 Å². The molecule has 1 aromatic heterocycles. The number of hydrogen-bond acceptors (Lipinski definition) is 4. The van der Waals surface area contributed by atoms with Crippen LogP contribution in [0.25, 0.3) is 0 Å². The Morgan fingerprint density at radius 3 is 2.71 bits per heavy atom. The zero-order chi connectivity index (χ0) is 12.3. The summed E-state index contributed by atoms with van der Waals surface area (Å²) in [4.78, 5) is 4.39. The lowest BCUT2D eigenvalue weighted by Crippen LogP contribution is -2.56. The van der Waals surface area contributed by atoms with Gasteiger partial charge in [0.25, 0.3) is 0 Å². The van der Waals surface area contributed by atoms with E-state index in [2.05, 4.69) is 30.4 Å². The monoisotopic (exact) mass is 249 g/mol. The minimum absolute atomic E-state index is 0.370. The number of nitriles is 1. The number of thiophene rings is 1. The molecule has 1 aliphatic rings. The molecule has 4 heteroatoms. The van der Waals surface area contributed by atoms with E-state index in [-0.39, 0.29) is 0 Å². The summed E-state index contributed by atoms with van der Waals surface area (Å²) in [6.07, 6.45) is 3.93. The van der Waals surface area contributed by atoms with Gasteiger partial charge < -0.3 is 10.2 Å². The fourth-order valence-electron chi connectivity index (χ4n) is 2.32. The van der Waals surface area contributed by atoms with E-state index >= 15 is 0 Å². The normalized spacial score (nSPS) is 17.8. The summed E-state index contributed by atoms with van der Waals surface area (Å²) in [6.45, 7) is 1.92. The maximum atomic E-state index is 8.76. The summed E-state index contributed by atoms with van der Waals surface area (Å²) >= 11 is 1.58. The summed E-state index contributed by atoms with van der Waals surface area (Å²) in [5.41, 5.74) is 0.370. The number of nitrogens with one attached hydrogen (secondary N) is 1. The van der Waals surface area contributed by atoms with Gasteiger partial charge in [-0.1, -0.05) is 0 Å². The number of hydrogen-bond donors (Lipinski definition) is 1. The van der Waals surface area contributed by atoms with E-state index in [1.807, 2.05) is 12.1 Å². The smallest absolute Gasteiger partial charge is 0.110 e. The second-order valence-electron chi connectivity index (χ2n) is 4.95. The quantitative estimate of drug-likeness (QED) is 0.869. The summed E-state index contributed by atoms with van der Waals surface area (Å²) in [6, 6.07) is 6.11. The molecule has 3 nitrogen and oxygen atoms in total. The van der Waals surface area contributed by atoms with Crippen LogP contribution in [0.3, 0.4) is 0 Å². The van der Waals surface area contributed by atoms with Crippen LogP contribution in [0.4, 0.5) is 0 Å². The lowest BCUT2D eigenvalue weighted by atomic mass is 9.75. The van der Waals surface area contributed by atoms with Gasteiger partial charge in [-0.15, -0.1) is 11.3 Å². The molecule has 1 N–H and O–H groups in total. The van der Waals surface area contributed by atoms with Crippen LogP contribution in [-0.2, 0) is 6.54 Å². The van der Waals surface area contributed by atoms with Gasteiger partial charge in [-0.05, 0) is 45.5 Å². The average Bonchev–Trinajstić information content (AvgIpc) is 2.69. The molecule has 1 saturated carbocycles. The Labute approximate surface area is 107 Å². The Morgan fingerprint density at radius 2 is 2.24 bits per heavy atom. The highest BCUT2D eigenvalue weighted by Crippen LogP contribution is 2.35. The predicted molar refractivity (Wildman–Crippen MR) is 71.0 cm³/mol. The largest absolute Gasteiger partial charge is 0.310 e. The summed E-state index contributed by atoms with van der Waals surface area (Å²) in [5, 5.41) is 12.3. The topological polar surface area (TPSA) is 39.1 Å². The third-order valence-electron chi connectivity index (χ3n) is 3.76. The van der Waals surface area contributed by atoms with Gasteiger partial charge in [0.2, 0.25) is 0 Å². The maximum absolute atomic E-state index is 8.76. The van der Waals surface area contributed by atoms with E-state index in [1.165, 1.54) is 24.1 Å². The lowest BCUT2D eigenvalue weighted by Gasteiger charge is -2.47. The van der Waals surface area contributed by atoms with Crippen molar-refractivity contribution in [1.82, 2.24) is 10.2 Å². The standard InChI is InChI=1S/C13H19N3S/c1-16(2)13(6-3-7-13)10-15-9-12-5-4-11(8-14)17-12/h4-5,15H,3,6-7,9-10H2,1-2H3. The molecule has 1 fully saturated rings. The maximum Gasteiger partial charge on any atom is 0.110 e. The van der Waals surface area contributed by atoms with Crippen LogP contribution < -0.4 is 5.32 Å². The van der Waals surface area contributed by atoms with Gasteiger partial charge in [0.15, 0.2) is 0 Å². The Kier molecular flexibility index (Phi) is 3.82. The molecule has 0 radical (unpaired) electrons. The van der Waals surface area contributed by atoms with Crippen molar-refractivity contribution in [2.24, 2.45) is 0 Å². The molecule has 0 saturated heterocycles. The van der Waals surface area contributed by atoms with Crippen LogP contribution in [0.5, 0.6) is 0 Å². The van der Waals surface area contributed by atoms with Gasteiger partial charge in [0, 0.05) is 23.5 Å². The highest BCUT2D eigenvalue weighted by molar-refractivity contribution is 7.12. The van der Waals surface area contributed by atoms with E-state index in [0.29, 0.717) is 5.54 Å². The average molecular weight is 249 g/mol. The second kappa shape index (κ2) is 5.18. The first kappa shape index (κ1) is 12.6. The van der Waals surface area contributed by atoms with Crippen LogP contribution in [0.2, 0.25) is 0 Å². The van der Waals surface area contributed by atoms with Gasteiger partial charge in [-0.3, -0.25) is 0 Å². The Hall–Kier alpha value is -0.890. The van der Waals surface area contributed by atoms with Crippen molar-refractivity contribution in [2.45, 2.75) is 31.3 Å². The summed E-state index contributed by atoms with van der Waals surface area (Å²) < 4.78 is 0. The van der Waals surface area contributed by atoms with E-state index in [9.17, 15) is 0 Å². The molecule has 0 spiro atoms. The molecule has 1 aromatic rings. The Bertz CT molecular complexity index is 413. The lowest BCUT2D eigenvalue weighted by molar-refractivity contribution is 0.0599. The van der Waals surface area contributed by atoms with Crippen LogP contribution >= 0.6 is 11.3 Å². The molecular formula is C13H19N3S. The molecule has 0 unspecified atom stereocenters. The van der Waals surface area contributed by atoms with Crippen LogP contribution in [-0.4, -0.2) is 31.1 Å². The molecule has 0 atom stereocenters. The first-order valence-corrected chi connectivity index (χ1v) is 6.85. The van der Waals surface area contributed by atoms with Crippen molar-refractivity contribution in [3.05, 3.63) is 21.9 Å². The van der Waals surface area contributed by atoms with Crippen molar-refractivity contribution in [1.29, 1.82) is 5.26 Å². The fourth-order valence-corrected chi connectivity index (χ4v) is 3.09. The predicted octanol–water partition coefficient (Wildman–Crippen LogP) is 2.19. The minimum atomic E-state index is 0.370. The van der Waals surface area contributed by atoms with E-state index < -0.39 is 0 Å². The summed E-state index contributed by atoms with van der Waals surface area (Å²) in [5.74, 6) is 0. The molecule has 1 heterocycles. The third-order valence-corrected chi connectivity index (χ3v) is 4.75. The number of rotatable bonds is 5. The van der Waals surface area contributed by atoms with Gasteiger partial charge >= 0.3 is 0 Å². The van der Waals surface area contributed by atoms with E-state index in [0.717, 1.165) is 18.0 Å². The molecule has 2 rings (SSSR count). The zero-order valence-corrected chi connectivity index (χ0v) is 11.3. The SMILES string of the molecule is CN(C)C1(CNCc2ccc(C#N)s2)CCC1. The fraction of sp³-hybridized carbons (Fsp3) is 0.615. The highest BCUT2D eigenvalue weighted by Gasteiger charge is 2.38. The second-order valence-corrected chi connectivity index (χ2v) is 6.12. The molecule has 92 valence electrons. The third kappa shape index (κ3) is 2.68. The Morgan fingerprint density at radius 1 is 1.47 bits per heavy atom. The molecule has 1 aliphatic carbocycles. The van der Waals surface area contributed by atoms with Gasteiger partial charge in [0.05, 0.1) is 0 Å².